The first-order valence-electron chi connectivity index (χ1n) is 17.1. The van der Waals surface area contributed by atoms with Crippen LogP contribution in [0.15, 0.2) is 156 Å². The van der Waals surface area contributed by atoms with E-state index in [0.29, 0.717) is 5.56 Å². The molecule has 8 aromatic rings. The highest BCUT2D eigenvalue weighted by molar-refractivity contribution is 6.05. The number of rotatable bonds is 5. The summed E-state index contributed by atoms with van der Waals surface area (Å²) >= 11 is 0. The average Bonchev–Trinajstić information content (AvgIpc) is 3.62. The Morgan fingerprint density at radius 2 is 1.13 bits per heavy atom. The molecular formula is C45H33NO. The van der Waals surface area contributed by atoms with E-state index in [0.717, 1.165) is 44.6 Å². The Morgan fingerprint density at radius 3 is 1.98 bits per heavy atom. The van der Waals surface area contributed by atoms with Gasteiger partial charge in [0.1, 0.15) is 11.2 Å². The second-order valence-corrected chi connectivity index (χ2v) is 12.9. The number of hydrogen-bond donors (Lipinski definition) is 0. The van der Waals surface area contributed by atoms with Gasteiger partial charge in [-0.2, -0.15) is 0 Å². The first kappa shape index (κ1) is 25.3. The van der Waals surface area contributed by atoms with Crippen molar-refractivity contribution in [3.8, 4) is 11.1 Å². The Morgan fingerprint density at radius 1 is 0.511 bits per heavy atom. The number of fused-ring (bicyclic) bond motifs is 7. The van der Waals surface area contributed by atoms with Crippen molar-refractivity contribution < 1.29 is 7.16 Å². The van der Waals surface area contributed by atoms with E-state index < -0.39 is 0 Å². The van der Waals surface area contributed by atoms with Crippen LogP contribution in [0.1, 0.15) is 38.8 Å². The zero-order valence-corrected chi connectivity index (χ0v) is 26.3. The average molecular weight is 606 g/mol. The first-order chi connectivity index (χ1) is 23.9. The highest BCUT2D eigenvalue weighted by Crippen LogP contribution is 2.51. The molecule has 224 valence electrons. The summed E-state index contributed by atoms with van der Waals surface area (Å²) in [5.74, 6) is 0. The van der Waals surface area contributed by atoms with E-state index >= 15 is 0 Å². The molecule has 47 heavy (non-hydrogen) atoms. The fourth-order valence-corrected chi connectivity index (χ4v) is 7.23. The Hall–Kier alpha value is -5.86. The third kappa shape index (κ3) is 4.56. The molecule has 1 aromatic heterocycles. The lowest BCUT2D eigenvalue weighted by atomic mass is 9.81. The molecule has 0 N–H and O–H groups in total. The largest absolute Gasteiger partial charge is 0.456 e. The molecule has 2 nitrogen and oxygen atoms in total. The van der Waals surface area contributed by atoms with Gasteiger partial charge in [0.2, 0.25) is 0 Å². The van der Waals surface area contributed by atoms with Gasteiger partial charge in [-0.1, -0.05) is 123 Å². The van der Waals surface area contributed by atoms with E-state index in [-0.39, 0.29) is 17.5 Å². The smallest absolute Gasteiger partial charge is 0.135 e. The second kappa shape index (κ2) is 10.6. The van der Waals surface area contributed by atoms with Crippen molar-refractivity contribution in [3.63, 3.8) is 0 Å². The zero-order chi connectivity index (χ0) is 33.3. The maximum atomic E-state index is 9.14. The van der Waals surface area contributed by atoms with Gasteiger partial charge in [0.25, 0.3) is 0 Å². The quantitative estimate of drug-likeness (QED) is 0.181. The molecule has 7 aromatic carbocycles. The molecule has 1 heterocycles. The summed E-state index contributed by atoms with van der Waals surface area (Å²) in [4.78, 5) is 2.33. The molecule has 1 aliphatic carbocycles. The second-order valence-electron chi connectivity index (χ2n) is 12.9. The molecule has 0 atom stereocenters. The normalized spacial score (nSPS) is 14.4. The van der Waals surface area contributed by atoms with Crippen LogP contribution < -0.4 is 4.90 Å². The number of para-hydroxylation sites is 2. The van der Waals surface area contributed by atoms with Crippen molar-refractivity contribution >= 4 is 61.9 Å². The van der Waals surface area contributed by atoms with Gasteiger partial charge in [-0.25, -0.2) is 0 Å². The van der Waals surface area contributed by atoms with Crippen molar-refractivity contribution in [2.45, 2.75) is 19.3 Å². The van der Waals surface area contributed by atoms with Crippen molar-refractivity contribution in [1.82, 2.24) is 0 Å². The summed E-state index contributed by atoms with van der Waals surface area (Å²) in [5, 5.41) is 4.39. The summed E-state index contributed by atoms with van der Waals surface area (Å²) in [7, 11) is 0. The van der Waals surface area contributed by atoms with Gasteiger partial charge in [-0.3, -0.25) is 0 Å². The van der Waals surface area contributed by atoms with E-state index in [4.69, 9.17) is 7.16 Å². The van der Waals surface area contributed by atoms with Crippen molar-refractivity contribution in [2.75, 3.05) is 4.90 Å². The van der Waals surface area contributed by atoms with Crippen LogP contribution in [0.25, 0.3) is 55.9 Å². The SMILES string of the molecule is [2H]/C(=C(/[2H])c1ccc2oc3ccccc3c2c1)c1ccc2c(c1)C(C)(C)c1cc(N(c3ccccc3)c3ccc4ccccc4c3)ccc1-2. The molecule has 2 heteroatoms. The standard InChI is InChI=1S/C45H33NO/c1-45(2)41-27-31(17-16-30-19-25-44-40(26-30)39-14-8-9-15-43(39)47-44)18-23-37(41)38-24-22-36(29-42(38)45)46(34-12-4-3-5-13-34)35-21-20-32-10-6-7-11-33(32)28-35/h3-29H,1-2H3/b17-16+/i16D,17D. The molecule has 0 fully saturated rings. The topological polar surface area (TPSA) is 16.4 Å². The molecule has 0 aliphatic heterocycles. The van der Waals surface area contributed by atoms with E-state index in [2.05, 4.69) is 122 Å². The van der Waals surface area contributed by atoms with Crippen LogP contribution in [0.2, 0.25) is 0 Å². The predicted octanol–water partition coefficient (Wildman–Crippen LogP) is 12.7. The molecule has 0 amide bonds. The molecule has 9 rings (SSSR count). The summed E-state index contributed by atoms with van der Waals surface area (Å²) in [6.07, 6.45) is 0. The Labute approximate surface area is 277 Å². The number of hydrogen-bond acceptors (Lipinski definition) is 2. The van der Waals surface area contributed by atoms with Crippen LogP contribution in [0.4, 0.5) is 17.1 Å². The van der Waals surface area contributed by atoms with Crippen LogP contribution in [0.5, 0.6) is 0 Å². The minimum atomic E-state index is -0.306. The van der Waals surface area contributed by atoms with E-state index in [1.165, 1.54) is 33.0 Å². The minimum Gasteiger partial charge on any atom is -0.456 e. The van der Waals surface area contributed by atoms with Gasteiger partial charge >= 0.3 is 0 Å². The lowest BCUT2D eigenvalue weighted by Crippen LogP contribution is -2.16. The van der Waals surface area contributed by atoms with Gasteiger partial charge in [0.05, 0.1) is 2.74 Å². The third-order valence-electron chi connectivity index (χ3n) is 9.65. The summed E-state index contributed by atoms with van der Waals surface area (Å²) in [5.41, 5.74) is 10.8. The molecular weight excluding hydrogens is 571 g/mol. The summed E-state index contributed by atoms with van der Waals surface area (Å²) < 4.78 is 24.2. The van der Waals surface area contributed by atoms with Gasteiger partial charge in [0.15, 0.2) is 0 Å². The fraction of sp³-hybridized carbons (Fsp3) is 0.0667. The van der Waals surface area contributed by atoms with Gasteiger partial charge < -0.3 is 9.32 Å². The van der Waals surface area contributed by atoms with Crippen LogP contribution in [0, 0.1) is 0 Å². The molecule has 0 radical (unpaired) electrons. The zero-order valence-electron chi connectivity index (χ0n) is 28.3. The summed E-state index contributed by atoms with van der Waals surface area (Å²) in [6.45, 7) is 4.53. The minimum absolute atomic E-state index is 0.191. The first-order valence-corrected chi connectivity index (χ1v) is 16.1. The van der Waals surface area contributed by atoms with Crippen LogP contribution >= 0.6 is 0 Å². The van der Waals surface area contributed by atoms with Crippen molar-refractivity contribution in [2.24, 2.45) is 0 Å². The molecule has 0 spiro atoms. The Balaban J connectivity index is 1.11. The van der Waals surface area contributed by atoms with Crippen LogP contribution in [0.3, 0.4) is 0 Å². The molecule has 0 unspecified atom stereocenters. The van der Waals surface area contributed by atoms with Crippen molar-refractivity contribution in [1.29, 1.82) is 0 Å². The number of benzene rings is 7. The van der Waals surface area contributed by atoms with Crippen LogP contribution in [-0.2, 0) is 5.41 Å². The predicted molar refractivity (Wildman–Crippen MR) is 199 cm³/mol. The maximum absolute atomic E-state index is 9.14. The highest BCUT2D eigenvalue weighted by atomic mass is 16.3. The maximum Gasteiger partial charge on any atom is 0.135 e. The summed E-state index contributed by atoms with van der Waals surface area (Å²) in [6, 6.07) is 52.8. The van der Waals surface area contributed by atoms with Crippen molar-refractivity contribution in [3.05, 3.63) is 174 Å². The van der Waals surface area contributed by atoms with Gasteiger partial charge in [0, 0.05) is 33.2 Å². The lowest BCUT2D eigenvalue weighted by molar-refractivity contribution is 0.660. The fourth-order valence-electron chi connectivity index (χ4n) is 7.23. The van der Waals surface area contributed by atoms with E-state index in [9.17, 15) is 0 Å². The van der Waals surface area contributed by atoms with E-state index in [1.54, 1.807) is 0 Å². The Bertz CT molecular complexity index is 2610. The highest BCUT2D eigenvalue weighted by Gasteiger charge is 2.36. The number of anilines is 3. The number of nitrogens with zero attached hydrogens (tertiary/aromatic N) is 1. The van der Waals surface area contributed by atoms with Crippen LogP contribution in [-0.4, -0.2) is 0 Å². The molecule has 0 saturated heterocycles. The number of furan rings is 1. The van der Waals surface area contributed by atoms with Gasteiger partial charge in [-0.15, -0.1) is 0 Å². The third-order valence-corrected chi connectivity index (χ3v) is 9.65. The monoisotopic (exact) mass is 605 g/mol. The van der Waals surface area contributed by atoms with Gasteiger partial charge in [-0.05, 0) is 98.8 Å². The molecule has 0 saturated carbocycles. The van der Waals surface area contributed by atoms with E-state index in [1.807, 2.05) is 48.5 Å². The molecule has 1 aliphatic rings. The molecule has 0 bridgehead atoms. The lowest BCUT2D eigenvalue weighted by Gasteiger charge is -2.28. The Kier molecular flexibility index (Phi) is 5.72.